The normalized spacial score (nSPS) is 20.1. The maximum Gasteiger partial charge on any atom is 0.234 e. The average Bonchev–Trinajstić information content (AvgIpc) is 2.39. The second-order valence-corrected chi connectivity index (χ2v) is 7.57. The van der Waals surface area contributed by atoms with Crippen LogP contribution in [0, 0.1) is 0 Å². The molecule has 2 rings (SSSR count). The lowest BCUT2D eigenvalue weighted by Crippen LogP contribution is -2.40. The maximum atomic E-state index is 12.1. The van der Waals surface area contributed by atoms with Crippen LogP contribution in [0.2, 0.25) is 0 Å². The second-order valence-electron chi connectivity index (χ2n) is 5.81. The number of piperidine rings is 1. The number of hydrogen-bond donors (Lipinski definition) is 2. The standard InChI is InChI=1S/C15H24N2O2S/c1-12(2)13-6-8-14(9-7-13)17-20(18,19)11-15-5-3-4-10-16-15/h6-9,12,15-17H,3-5,10-11H2,1-2H3. The van der Waals surface area contributed by atoms with Crippen LogP contribution in [-0.4, -0.2) is 26.8 Å². The van der Waals surface area contributed by atoms with Gasteiger partial charge in [0.05, 0.1) is 5.75 Å². The summed E-state index contributed by atoms with van der Waals surface area (Å²) in [6, 6.07) is 7.70. The van der Waals surface area contributed by atoms with Gasteiger partial charge in [-0.05, 0) is 43.0 Å². The maximum absolute atomic E-state index is 12.1. The van der Waals surface area contributed by atoms with Gasteiger partial charge in [-0.25, -0.2) is 8.42 Å². The third-order valence-electron chi connectivity index (χ3n) is 3.68. The lowest BCUT2D eigenvalue weighted by atomic mass is 10.0. The van der Waals surface area contributed by atoms with Gasteiger partial charge in [0.1, 0.15) is 0 Å². The van der Waals surface area contributed by atoms with Gasteiger partial charge in [0.15, 0.2) is 0 Å². The van der Waals surface area contributed by atoms with Crippen LogP contribution in [-0.2, 0) is 10.0 Å². The summed E-state index contributed by atoms with van der Waals surface area (Å²) < 4.78 is 26.9. The molecule has 20 heavy (non-hydrogen) atoms. The molecule has 5 heteroatoms. The molecule has 0 saturated carbocycles. The highest BCUT2D eigenvalue weighted by molar-refractivity contribution is 7.92. The zero-order valence-electron chi connectivity index (χ0n) is 12.2. The van der Waals surface area contributed by atoms with Gasteiger partial charge in [0, 0.05) is 11.7 Å². The Kier molecular flexibility index (Phi) is 5.05. The Morgan fingerprint density at radius 1 is 1.25 bits per heavy atom. The first-order valence-electron chi connectivity index (χ1n) is 7.30. The largest absolute Gasteiger partial charge is 0.313 e. The first-order valence-corrected chi connectivity index (χ1v) is 8.95. The fraction of sp³-hybridized carbons (Fsp3) is 0.600. The third kappa shape index (κ3) is 4.49. The molecule has 0 aliphatic carbocycles. The summed E-state index contributed by atoms with van der Waals surface area (Å²) >= 11 is 0. The average molecular weight is 296 g/mol. The molecule has 1 atom stereocenters. The molecule has 2 N–H and O–H groups in total. The van der Waals surface area contributed by atoms with Crippen molar-refractivity contribution in [1.82, 2.24) is 5.32 Å². The number of hydrogen-bond acceptors (Lipinski definition) is 3. The number of nitrogens with one attached hydrogen (secondary N) is 2. The van der Waals surface area contributed by atoms with Crippen LogP contribution < -0.4 is 10.0 Å². The molecular formula is C15H24N2O2S. The van der Waals surface area contributed by atoms with E-state index in [-0.39, 0.29) is 11.8 Å². The highest BCUT2D eigenvalue weighted by atomic mass is 32.2. The fourth-order valence-electron chi connectivity index (χ4n) is 2.49. The number of anilines is 1. The van der Waals surface area contributed by atoms with Crippen molar-refractivity contribution in [3.63, 3.8) is 0 Å². The Hall–Kier alpha value is -1.07. The van der Waals surface area contributed by atoms with Gasteiger partial charge < -0.3 is 5.32 Å². The first-order chi connectivity index (χ1) is 9.46. The molecule has 1 saturated heterocycles. The van der Waals surface area contributed by atoms with Crippen molar-refractivity contribution in [2.24, 2.45) is 0 Å². The summed E-state index contributed by atoms with van der Waals surface area (Å²) in [5, 5.41) is 3.27. The molecule has 112 valence electrons. The van der Waals surface area contributed by atoms with Crippen LogP contribution in [0.15, 0.2) is 24.3 Å². The minimum Gasteiger partial charge on any atom is -0.313 e. The van der Waals surface area contributed by atoms with E-state index in [0.29, 0.717) is 11.6 Å². The van der Waals surface area contributed by atoms with E-state index in [0.717, 1.165) is 25.8 Å². The Bertz CT molecular complexity index is 517. The molecule has 0 radical (unpaired) electrons. The zero-order valence-corrected chi connectivity index (χ0v) is 13.0. The molecule has 0 aromatic heterocycles. The smallest absolute Gasteiger partial charge is 0.234 e. The van der Waals surface area contributed by atoms with Gasteiger partial charge in [0.25, 0.3) is 0 Å². The minimum atomic E-state index is -3.28. The molecule has 1 aromatic carbocycles. The van der Waals surface area contributed by atoms with Crippen LogP contribution in [0.25, 0.3) is 0 Å². The third-order valence-corrected chi connectivity index (χ3v) is 5.07. The Morgan fingerprint density at radius 3 is 2.50 bits per heavy atom. The van der Waals surface area contributed by atoms with Crippen molar-refractivity contribution in [1.29, 1.82) is 0 Å². The van der Waals surface area contributed by atoms with E-state index in [9.17, 15) is 8.42 Å². The van der Waals surface area contributed by atoms with Crippen LogP contribution in [0.5, 0.6) is 0 Å². The van der Waals surface area contributed by atoms with E-state index in [2.05, 4.69) is 23.9 Å². The molecule has 0 bridgehead atoms. The van der Waals surface area contributed by atoms with E-state index in [1.807, 2.05) is 24.3 Å². The summed E-state index contributed by atoms with van der Waals surface area (Å²) in [7, 11) is -3.28. The van der Waals surface area contributed by atoms with Crippen LogP contribution in [0.1, 0.15) is 44.6 Å². The van der Waals surface area contributed by atoms with Crippen molar-refractivity contribution >= 4 is 15.7 Å². The second kappa shape index (κ2) is 6.59. The quantitative estimate of drug-likeness (QED) is 0.878. The van der Waals surface area contributed by atoms with Crippen molar-refractivity contribution in [3.05, 3.63) is 29.8 Å². The first kappa shape index (κ1) is 15.3. The molecule has 0 spiro atoms. The summed E-state index contributed by atoms with van der Waals surface area (Å²) in [4.78, 5) is 0. The summed E-state index contributed by atoms with van der Waals surface area (Å²) in [6.07, 6.45) is 3.18. The highest BCUT2D eigenvalue weighted by Crippen LogP contribution is 2.18. The molecule has 1 aromatic rings. The van der Waals surface area contributed by atoms with E-state index in [4.69, 9.17) is 0 Å². The van der Waals surface area contributed by atoms with Crippen molar-refractivity contribution in [2.45, 2.75) is 45.1 Å². The number of sulfonamides is 1. The zero-order chi connectivity index (χ0) is 14.6. The van der Waals surface area contributed by atoms with Crippen LogP contribution in [0.3, 0.4) is 0 Å². The van der Waals surface area contributed by atoms with Gasteiger partial charge in [-0.1, -0.05) is 32.4 Å². The van der Waals surface area contributed by atoms with Gasteiger partial charge in [-0.15, -0.1) is 0 Å². The van der Waals surface area contributed by atoms with Crippen LogP contribution >= 0.6 is 0 Å². The Labute approximate surface area is 122 Å². The van der Waals surface area contributed by atoms with Crippen molar-refractivity contribution < 1.29 is 8.42 Å². The fourth-order valence-corrected chi connectivity index (χ4v) is 3.88. The van der Waals surface area contributed by atoms with E-state index in [1.165, 1.54) is 5.56 Å². The molecule has 1 heterocycles. The van der Waals surface area contributed by atoms with Gasteiger partial charge in [-0.3, -0.25) is 4.72 Å². The monoisotopic (exact) mass is 296 g/mol. The summed E-state index contributed by atoms with van der Waals surface area (Å²) in [5.41, 5.74) is 1.85. The predicted molar refractivity (Wildman–Crippen MR) is 83.6 cm³/mol. The van der Waals surface area contributed by atoms with Crippen molar-refractivity contribution in [3.8, 4) is 0 Å². The number of benzene rings is 1. The lowest BCUT2D eigenvalue weighted by molar-refractivity contribution is 0.424. The topological polar surface area (TPSA) is 58.2 Å². The Balaban J connectivity index is 1.96. The molecule has 4 nitrogen and oxygen atoms in total. The lowest BCUT2D eigenvalue weighted by Gasteiger charge is -2.23. The Morgan fingerprint density at radius 2 is 1.95 bits per heavy atom. The van der Waals surface area contributed by atoms with E-state index < -0.39 is 10.0 Å². The number of rotatable bonds is 5. The molecule has 0 amide bonds. The highest BCUT2D eigenvalue weighted by Gasteiger charge is 2.20. The van der Waals surface area contributed by atoms with E-state index in [1.54, 1.807) is 0 Å². The SMILES string of the molecule is CC(C)c1ccc(NS(=O)(=O)CC2CCCCN2)cc1. The molecule has 1 unspecified atom stereocenters. The predicted octanol–water partition coefficient (Wildman–Crippen LogP) is 2.69. The summed E-state index contributed by atoms with van der Waals surface area (Å²) in [5.74, 6) is 0.603. The van der Waals surface area contributed by atoms with Gasteiger partial charge in [0.2, 0.25) is 10.0 Å². The molecule has 1 aliphatic heterocycles. The molecule has 1 fully saturated rings. The van der Waals surface area contributed by atoms with Crippen LogP contribution in [0.4, 0.5) is 5.69 Å². The molecule has 1 aliphatic rings. The van der Waals surface area contributed by atoms with E-state index >= 15 is 0 Å². The van der Waals surface area contributed by atoms with Crippen molar-refractivity contribution in [2.75, 3.05) is 17.0 Å². The summed E-state index contributed by atoms with van der Waals surface area (Å²) in [6.45, 7) is 5.16. The molecular weight excluding hydrogens is 272 g/mol. The van der Waals surface area contributed by atoms with Gasteiger partial charge >= 0.3 is 0 Å². The van der Waals surface area contributed by atoms with Gasteiger partial charge in [-0.2, -0.15) is 0 Å². The minimum absolute atomic E-state index is 0.0798.